The molecule has 2 amide bonds. The van der Waals surface area contributed by atoms with Crippen molar-refractivity contribution in [3.63, 3.8) is 0 Å². The molecule has 0 unspecified atom stereocenters. The number of hydrogen-bond donors (Lipinski definition) is 2. The summed E-state index contributed by atoms with van der Waals surface area (Å²) in [5, 5.41) is 13.5. The number of methoxy groups -OCH3 is 1. The molecule has 0 aromatic heterocycles. The second kappa shape index (κ2) is 9.06. The fraction of sp³-hybridized carbons (Fsp3) is 0.250. The first-order chi connectivity index (χ1) is 14.3. The van der Waals surface area contributed by atoms with Gasteiger partial charge in [0, 0.05) is 24.9 Å². The van der Waals surface area contributed by atoms with Gasteiger partial charge in [0.25, 0.3) is 0 Å². The third-order valence-electron chi connectivity index (χ3n) is 4.52. The summed E-state index contributed by atoms with van der Waals surface area (Å²) in [7, 11) is -2.70. The molecule has 3 rings (SSSR count). The summed E-state index contributed by atoms with van der Waals surface area (Å²) in [5.74, 6) is -0.608. The first-order valence-corrected chi connectivity index (χ1v) is 10.8. The van der Waals surface area contributed by atoms with Crippen molar-refractivity contribution in [3.05, 3.63) is 54.1 Å². The molecular formula is C20H22N4O5S. The summed E-state index contributed by atoms with van der Waals surface area (Å²) >= 11 is 0. The van der Waals surface area contributed by atoms with Crippen LogP contribution in [0.2, 0.25) is 0 Å². The molecule has 0 fully saturated rings. The summed E-state index contributed by atoms with van der Waals surface area (Å²) in [6.07, 6.45) is 0.571. The van der Waals surface area contributed by atoms with Gasteiger partial charge in [-0.2, -0.15) is 5.10 Å². The number of amides is 2. The maximum atomic E-state index is 12.4. The van der Waals surface area contributed by atoms with Crippen LogP contribution in [0.1, 0.15) is 24.8 Å². The highest BCUT2D eigenvalue weighted by molar-refractivity contribution is 7.89. The van der Waals surface area contributed by atoms with Gasteiger partial charge in [-0.25, -0.2) is 18.6 Å². The molecule has 0 bridgehead atoms. The van der Waals surface area contributed by atoms with Crippen LogP contribution in [0.25, 0.3) is 0 Å². The number of nitrogens with one attached hydrogen (secondary N) is 1. The summed E-state index contributed by atoms with van der Waals surface area (Å²) in [6.45, 7) is 0.473. The minimum absolute atomic E-state index is 0.0183. The topological polar surface area (TPSA) is 131 Å². The predicted octanol–water partition coefficient (Wildman–Crippen LogP) is 1.70. The van der Waals surface area contributed by atoms with E-state index in [4.69, 9.17) is 9.88 Å². The number of benzene rings is 2. The third-order valence-corrected chi connectivity index (χ3v) is 5.45. The molecule has 0 radical (unpaired) electrons. The third kappa shape index (κ3) is 5.22. The Morgan fingerprint density at radius 3 is 2.57 bits per heavy atom. The summed E-state index contributed by atoms with van der Waals surface area (Å²) in [5.41, 5.74) is 2.04. The van der Waals surface area contributed by atoms with Crippen LogP contribution >= 0.6 is 0 Å². The van der Waals surface area contributed by atoms with E-state index in [0.717, 1.165) is 11.3 Å². The van der Waals surface area contributed by atoms with Gasteiger partial charge in [-0.3, -0.25) is 9.59 Å². The standard InChI is InChI=1S/C20H22N4O5S/c1-29-17-8-7-15(13-18(17)30(21,27)28)22-19(25)9-10-20(26)24-12-11-16(23-24)14-5-3-2-4-6-14/h2-8,13H,9-12H2,1H3,(H,22,25)(H2,21,27,28). The highest BCUT2D eigenvalue weighted by Gasteiger charge is 2.22. The molecule has 0 atom stereocenters. The lowest BCUT2D eigenvalue weighted by Crippen LogP contribution is -2.25. The van der Waals surface area contributed by atoms with E-state index in [0.29, 0.717) is 13.0 Å². The number of rotatable bonds is 7. The molecule has 30 heavy (non-hydrogen) atoms. The number of nitrogens with zero attached hydrogens (tertiary/aromatic N) is 2. The zero-order valence-electron chi connectivity index (χ0n) is 16.4. The van der Waals surface area contributed by atoms with E-state index in [-0.39, 0.29) is 35.1 Å². The Morgan fingerprint density at radius 2 is 1.90 bits per heavy atom. The normalized spacial score (nSPS) is 13.7. The van der Waals surface area contributed by atoms with Crippen molar-refractivity contribution in [3.8, 4) is 5.75 Å². The van der Waals surface area contributed by atoms with E-state index in [1.807, 2.05) is 30.3 Å². The molecule has 0 saturated heterocycles. The van der Waals surface area contributed by atoms with Crippen LogP contribution in [-0.2, 0) is 19.6 Å². The molecule has 158 valence electrons. The van der Waals surface area contributed by atoms with Gasteiger partial charge in [-0.1, -0.05) is 30.3 Å². The van der Waals surface area contributed by atoms with E-state index in [1.165, 1.54) is 30.3 Å². The smallest absolute Gasteiger partial charge is 0.243 e. The molecular weight excluding hydrogens is 408 g/mol. The largest absolute Gasteiger partial charge is 0.495 e. The first-order valence-electron chi connectivity index (χ1n) is 9.22. The van der Waals surface area contributed by atoms with Crippen molar-refractivity contribution in [1.29, 1.82) is 0 Å². The van der Waals surface area contributed by atoms with Crippen molar-refractivity contribution in [1.82, 2.24) is 5.01 Å². The minimum Gasteiger partial charge on any atom is -0.495 e. The van der Waals surface area contributed by atoms with Crippen LogP contribution in [0.5, 0.6) is 5.75 Å². The van der Waals surface area contributed by atoms with Crippen LogP contribution in [0, 0.1) is 0 Å². The number of sulfonamides is 1. The number of hydrazone groups is 1. The molecule has 1 aliphatic rings. The van der Waals surface area contributed by atoms with Gasteiger partial charge in [0.05, 0.1) is 19.4 Å². The summed E-state index contributed by atoms with van der Waals surface area (Å²) < 4.78 is 28.3. The van der Waals surface area contributed by atoms with Gasteiger partial charge in [-0.15, -0.1) is 0 Å². The van der Waals surface area contributed by atoms with E-state index >= 15 is 0 Å². The number of hydrogen-bond acceptors (Lipinski definition) is 6. The molecule has 2 aromatic rings. The average molecular weight is 430 g/mol. The predicted molar refractivity (Wildman–Crippen MR) is 112 cm³/mol. The number of anilines is 1. The Morgan fingerprint density at radius 1 is 1.17 bits per heavy atom. The number of nitrogens with two attached hydrogens (primary N) is 1. The Kier molecular flexibility index (Phi) is 6.48. The second-order valence-electron chi connectivity index (χ2n) is 6.64. The zero-order chi connectivity index (χ0) is 21.7. The van der Waals surface area contributed by atoms with Crippen molar-refractivity contribution in [2.24, 2.45) is 10.2 Å². The quantitative estimate of drug-likeness (QED) is 0.690. The molecule has 9 nitrogen and oxygen atoms in total. The number of carbonyl (C=O) groups excluding carboxylic acids is 2. The Hall–Kier alpha value is -3.24. The minimum atomic E-state index is -4.02. The van der Waals surface area contributed by atoms with Crippen molar-refractivity contribution in [2.45, 2.75) is 24.2 Å². The molecule has 0 spiro atoms. The summed E-state index contributed by atoms with van der Waals surface area (Å²) in [4.78, 5) is 24.3. The van der Waals surface area contributed by atoms with E-state index < -0.39 is 15.9 Å². The van der Waals surface area contributed by atoms with E-state index in [9.17, 15) is 18.0 Å². The Labute approximate surface area is 174 Å². The van der Waals surface area contributed by atoms with Crippen molar-refractivity contribution in [2.75, 3.05) is 19.0 Å². The molecule has 2 aromatic carbocycles. The highest BCUT2D eigenvalue weighted by Crippen LogP contribution is 2.26. The van der Waals surface area contributed by atoms with Gasteiger partial charge in [0.15, 0.2) is 0 Å². The van der Waals surface area contributed by atoms with Crippen LogP contribution in [0.15, 0.2) is 58.5 Å². The fourth-order valence-electron chi connectivity index (χ4n) is 3.02. The van der Waals surface area contributed by atoms with Crippen molar-refractivity contribution >= 4 is 33.2 Å². The number of ether oxygens (including phenoxy) is 1. The Bertz CT molecular complexity index is 1080. The molecule has 1 heterocycles. The monoisotopic (exact) mass is 430 g/mol. The van der Waals surface area contributed by atoms with Crippen LogP contribution in [-0.4, -0.2) is 44.6 Å². The van der Waals surface area contributed by atoms with Gasteiger partial charge in [-0.05, 0) is 23.8 Å². The number of carbonyl (C=O) groups is 2. The fourth-order valence-corrected chi connectivity index (χ4v) is 3.74. The van der Waals surface area contributed by atoms with E-state index in [2.05, 4.69) is 10.4 Å². The molecule has 3 N–H and O–H groups in total. The maximum absolute atomic E-state index is 12.4. The first kappa shape index (κ1) is 21.5. The van der Waals surface area contributed by atoms with Gasteiger partial charge in [0.2, 0.25) is 21.8 Å². The average Bonchev–Trinajstić information content (AvgIpc) is 3.22. The van der Waals surface area contributed by atoms with Crippen LogP contribution < -0.4 is 15.2 Å². The van der Waals surface area contributed by atoms with Gasteiger partial charge in [0.1, 0.15) is 10.6 Å². The van der Waals surface area contributed by atoms with Gasteiger partial charge >= 0.3 is 0 Å². The lowest BCUT2D eigenvalue weighted by Gasteiger charge is -2.12. The van der Waals surface area contributed by atoms with Crippen molar-refractivity contribution < 1.29 is 22.7 Å². The van der Waals surface area contributed by atoms with Gasteiger partial charge < -0.3 is 10.1 Å². The molecule has 1 aliphatic heterocycles. The number of primary sulfonamides is 1. The van der Waals surface area contributed by atoms with Crippen LogP contribution in [0.4, 0.5) is 5.69 Å². The lowest BCUT2D eigenvalue weighted by atomic mass is 10.1. The zero-order valence-corrected chi connectivity index (χ0v) is 17.2. The SMILES string of the molecule is COc1ccc(NC(=O)CCC(=O)N2CCC(c3ccccc3)=N2)cc1S(N)(=O)=O. The molecule has 0 aliphatic carbocycles. The highest BCUT2D eigenvalue weighted by atomic mass is 32.2. The lowest BCUT2D eigenvalue weighted by molar-refractivity contribution is -0.132. The second-order valence-corrected chi connectivity index (χ2v) is 8.17. The molecule has 0 saturated carbocycles. The molecule has 10 heteroatoms. The Balaban J connectivity index is 1.57. The maximum Gasteiger partial charge on any atom is 0.243 e. The van der Waals surface area contributed by atoms with E-state index in [1.54, 1.807) is 0 Å². The summed E-state index contributed by atoms with van der Waals surface area (Å²) in [6, 6.07) is 13.7. The van der Waals surface area contributed by atoms with Crippen LogP contribution in [0.3, 0.4) is 0 Å².